The second-order valence-corrected chi connectivity index (χ2v) is 6.78. The summed E-state index contributed by atoms with van der Waals surface area (Å²) in [6.45, 7) is 2.37. The number of aromatic nitrogens is 3. The van der Waals surface area contributed by atoms with Crippen molar-refractivity contribution in [3.8, 4) is 17.0 Å². The van der Waals surface area contributed by atoms with E-state index in [0.29, 0.717) is 23.1 Å². The molecule has 3 aromatic rings. The molecular weight excluding hydrogens is 366 g/mol. The van der Waals surface area contributed by atoms with Gasteiger partial charge in [-0.25, -0.2) is 9.78 Å². The summed E-state index contributed by atoms with van der Waals surface area (Å²) in [4.78, 5) is 29.4. The molecule has 3 rings (SSSR count). The Balaban J connectivity index is 2.04. The van der Waals surface area contributed by atoms with Gasteiger partial charge in [0.2, 0.25) is 0 Å². The van der Waals surface area contributed by atoms with Crippen molar-refractivity contribution in [3.05, 3.63) is 50.5 Å². The van der Waals surface area contributed by atoms with Crippen molar-refractivity contribution in [3.63, 3.8) is 0 Å². The van der Waals surface area contributed by atoms with Crippen molar-refractivity contribution < 1.29 is 4.74 Å². The lowest BCUT2D eigenvalue weighted by atomic mass is 10.2. The second kappa shape index (κ2) is 7.67. The Labute approximate surface area is 159 Å². The number of anilines is 3. The van der Waals surface area contributed by atoms with Crippen LogP contribution in [0.15, 0.2) is 39.2 Å². The number of methoxy groups -OCH3 is 1. The van der Waals surface area contributed by atoms with Crippen molar-refractivity contribution in [1.29, 1.82) is 0 Å². The van der Waals surface area contributed by atoms with Crippen LogP contribution in [0, 0.1) is 0 Å². The van der Waals surface area contributed by atoms with Crippen LogP contribution in [0.3, 0.4) is 0 Å². The summed E-state index contributed by atoms with van der Waals surface area (Å²) in [6, 6.07) is 7.46. The lowest BCUT2D eigenvalue weighted by Gasteiger charge is -2.13. The van der Waals surface area contributed by atoms with Gasteiger partial charge in [-0.2, -0.15) is 0 Å². The first-order valence-corrected chi connectivity index (χ1v) is 9.31. The Morgan fingerprint density at radius 3 is 2.74 bits per heavy atom. The highest BCUT2D eigenvalue weighted by molar-refractivity contribution is 7.14. The molecule has 2 heterocycles. The second-order valence-electron chi connectivity index (χ2n) is 5.92. The number of hydrogen-bond acceptors (Lipinski definition) is 7. The van der Waals surface area contributed by atoms with E-state index >= 15 is 0 Å². The van der Waals surface area contributed by atoms with Crippen LogP contribution < -0.4 is 27.0 Å². The number of para-hydroxylation sites is 2. The minimum atomic E-state index is -0.459. The Morgan fingerprint density at radius 2 is 2.04 bits per heavy atom. The summed E-state index contributed by atoms with van der Waals surface area (Å²) >= 11 is 1.34. The molecule has 0 spiro atoms. The number of hydrogen-bond donors (Lipinski definition) is 2. The van der Waals surface area contributed by atoms with Gasteiger partial charge in [0, 0.05) is 19.0 Å². The zero-order valence-electron chi connectivity index (χ0n) is 15.4. The molecule has 0 unspecified atom stereocenters. The molecule has 0 radical (unpaired) electrons. The number of nitrogen functional groups attached to an aromatic ring is 1. The molecule has 142 valence electrons. The molecule has 9 heteroatoms. The van der Waals surface area contributed by atoms with Crippen molar-refractivity contribution in [2.45, 2.75) is 19.9 Å². The fourth-order valence-corrected chi connectivity index (χ4v) is 3.49. The van der Waals surface area contributed by atoms with Crippen LogP contribution in [0.1, 0.15) is 13.3 Å². The Hall–Kier alpha value is -3.07. The Bertz CT molecular complexity index is 1080. The quantitative estimate of drug-likeness (QED) is 0.673. The van der Waals surface area contributed by atoms with Gasteiger partial charge in [-0.1, -0.05) is 19.1 Å². The molecule has 0 saturated heterocycles. The van der Waals surface area contributed by atoms with Gasteiger partial charge in [-0.05, 0) is 18.6 Å². The average Bonchev–Trinajstić information content (AvgIpc) is 3.12. The van der Waals surface area contributed by atoms with Gasteiger partial charge in [0.1, 0.15) is 17.1 Å². The predicted molar refractivity (Wildman–Crippen MR) is 108 cm³/mol. The maximum Gasteiger partial charge on any atom is 0.332 e. The molecule has 1 aromatic carbocycles. The standard InChI is InChI=1S/C18H21N5O3S/c1-4-9-23-15(19)14(16(24)22(2)18(23)25)12-10-27-17(21-12)20-11-7-5-6-8-13(11)26-3/h5-8,10H,4,9,19H2,1-3H3,(H,20,21). The highest BCUT2D eigenvalue weighted by Gasteiger charge is 2.19. The maximum absolute atomic E-state index is 12.6. The molecule has 3 N–H and O–H groups in total. The number of nitrogens with two attached hydrogens (primary N) is 1. The van der Waals surface area contributed by atoms with Crippen molar-refractivity contribution >= 4 is 28.0 Å². The first-order chi connectivity index (χ1) is 13.0. The SMILES string of the molecule is CCCn1c(N)c(-c2csc(Nc3ccccc3OC)n2)c(=O)n(C)c1=O. The highest BCUT2D eigenvalue weighted by atomic mass is 32.1. The molecule has 0 atom stereocenters. The summed E-state index contributed by atoms with van der Waals surface area (Å²) in [7, 11) is 3.04. The third-order valence-electron chi connectivity index (χ3n) is 4.14. The molecule has 0 aliphatic heterocycles. The monoisotopic (exact) mass is 387 g/mol. The molecule has 0 aliphatic carbocycles. The number of ether oxygens (including phenoxy) is 1. The van der Waals surface area contributed by atoms with Gasteiger partial charge < -0.3 is 15.8 Å². The van der Waals surface area contributed by atoms with Crippen LogP contribution in [0.25, 0.3) is 11.3 Å². The van der Waals surface area contributed by atoms with Crippen LogP contribution in [0.4, 0.5) is 16.6 Å². The van der Waals surface area contributed by atoms with Gasteiger partial charge in [0.25, 0.3) is 5.56 Å². The van der Waals surface area contributed by atoms with Gasteiger partial charge in [-0.15, -0.1) is 11.3 Å². The fraction of sp³-hybridized carbons (Fsp3) is 0.278. The van der Waals surface area contributed by atoms with E-state index in [1.54, 1.807) is 12.5 Å². The Morgan fingerprint density at radius 1 is 1.30 bits per heavy atom. The van der Waals surface area contributed by atoms with E-state index in [9.17, 15) is 9.59 Å². The highest BCUT2D eigenvalue weighted by Crippen LogP contribution is 2.31. The number of rotatable bonds is 6. The third kappa shape index (κ3) is 3.45. The van der Waals surface area contributed by atoms with Crippen molar-refractivity contribution in [1.82, 2.24) is 14.1 Å². The average molecular weight is 387 g/mol. The first-order valence-electron chi connectivity index (χ1n) is 8.43. The summed E-state index contributed by atoms with van der Waals surface area (Å²) in [5, 5.41) is 5.51. The zero-order valence-corrected chi connectivity index (χ0v) is 16.2. The maximum atomic E-state index is 12.6. The third-order valence-corrected chi connectivity index (χ3v) is 4.90. The largest absolute Gasteiger partial charge is 0.495 e. The summed E-state index contributed by atoms with van der Waals surface area (Å²) in [5.41, 5.74) is 6.69. The van der Waals surface area contributed by atoms with E-state index < -0.39 is 11.2 Å². The molecule has 2 aromatic heterocycles. The van der Waals surface area contributed by atoms with E-state index in [1.165, 1.54) is 23.0 Å². The van der Waals surface area contributed by atoms with E-state index in [1.807, 2.05) is 31.2 Å². The lowest BCUT2D eigenvalue weighted by Crippen LogP contribution is -2.40. The van der Waals surface area contributed by atoms with Crippen LogP contribution >= 0.6 is 11.3 Å². The number of thiazole rings is 1. The normalized spacial score (nSPS) is 10.8. The summed E-state index contributed by atoms with van der Waals surface area (Å²) < 4.78 is 7.79. The molecule has 27 heavy (non-hydrogen) atoms. The van der Waals surface area contributed by atoms with Crippen molar-refractivity contribution in [2.24, 2.45) is 7.05 Å². The van der Waals surface area contributed by atoms with E-state index in [2.05, 4.69) is 10.3 Å². The van der Waals surface area contributed by atoms with Gasteiger partial charge >= 0.3 is 5.69 Å². The molecule has 0 bridgehead atoms. The van der Waals surface area contributed by atoms with Crippen LogP contribution in [-0.4, -0.2) is 21.2 Å². The zero-order chi connectivity index (χ0) is 19.6. The first kappa shape index (κ1) is 18.7. The lowest BCUT2D eigenvalue weighted by molar-refractivity contribution is 0.417. The summed E-state index contributed by atoms with van der Waals surface area (Å²) in [5.74, 6) is 0.820. The van der Waals surface area contributed by atoms with Crippen LogP contribution in [-0.2, 0) is 13.6 Å². The van der Waals surface area contributed by atoms with Crippen molar-refractivity contribution in [2.75, 3.05) is 18.2 Å². The predicted octanol–water partition coefficient (Wildman–Crippen LogP) is 2.41. The number of nitrogens with zero attached hydrogens (tertiary/aromatic N) is 3. The summed E-state index contributed by atoms with van der Waals surface area (Å²) in [6.07, 6.45) is 0.722. The minimum absolute atomic E-state index is 0.138. The van der Waals surface area contributed by atoms with Gasteiger partial charge in [0.05, 0.1) is 18.5 Å². The minimum Gasteiger partial charge on any atom is -0.495 e. The van der Waals surface area contributed by atoms with Gasteiger partial charge in [-0.3, -0.25) is 13.9 Å². The molecule has 0 fully saturated rings. The fourth-order valence-electron chi connectivity index (χ4n) is 2.77. The molecule has 0 amide bonds. The van der Waals surface area contributed by atoms with E-state index in [-0.39, 0.29) is 11.4 Å². The van der Waals surface area contributed by atoms with Gasteiger partial charge in [0.15, 0.2) is 5.13 Å². The Kier molecular flexibility index (Phi) is 5.31. The number of benzene rings is 1. The number of nitrogens with one attached hydrogen (secondary N) is 1. The van der Waals surface area contributed by atoms with Crippen LogP contribution in [0.5, 0.6) is 5.75 Å². The molecule has 0 saturated carbocycles. The smallest absolute Gasteiger partial charge is 0.332 e. The van der Waals surface area contributed by atoms with Crippen LogP contribution in [0.2, 0.25) is 0 Å². The molecule has 0 aliphatic rings. The van der Waals surface area contributed by atoms with E-state index in [4.69, 9.17) is 10.5 Å². The molecular formula is C18H21N5O3S. The van der Waals surface area contributed by atoms with E-state index in [0.717, 1.165) is 16.7 Å². The molecule has 8 nitrogen and oxygen atoms in total. The topological polar surface area (TPSA) is 104 Å².